The average molecular weight is 475 g/mol. The van der Waals surface area contributed by atoms with Gasteiger partial charge in [-0.1, -0.05) is 36.4 Å². The first-order valence-electron chi connectivity index (χ1n) is 10.6. The highest BCUT2D eigenvalue weighted by atomic mass is 32.1. The molecule has 0 saturated carbocycles. The summed E-state index contributed by atoms with van der Waals surface area (Å²) in [5, 5.41) is 11.4. The van der Waals surface area contributed by atoms with Gasteiger partial charge in [0.2, 0.25) is 5.88 Å². The molecule has 3 aromatic carbocycles. The van der Waals surface area contributed by atoms with Crippen molar-refractivity contribution >= 4 is 45.6 Å². The number of hydrogen-bond acceptors (Lipinski definition) is 4. The molecule has 0 aliphatic carbocycles. The highest BCUT2D eigenvalue weighted by Crippen LogP contribution is 2.22. The standard InChI is InChI=1S/C26H23FN4O2S/c1-16-13-22(30-25(34)29-17(2)18-7-9-21(27)10-8-18)11-12-23(16)31-26(32)33-24-14-19-5-3-4-6-20(19)15-28-24/h3-15,17H,1-2H3,(H,31,32)(H2,29,30,34). The van der Waals surface area contributed by atoms with Gasteiger partial charge < -0.3 is 15.4 Å². The van der Waals surface area contributed by atoms with Gasteiger partial charge in [-0.3, -0.25) is 5.32 Å². The van der Waals surface area contributed by atoms with Gasteiger partial charge in [0, 0.05) is 29.0 Å². The van der Waals surface area contributed by atoms with Crippen LogP contribution >= 0.6 is 12.2 Å². The number of carbonyl (C=O) groups excluding carboxylic acids is 1. The number of rotatable bonds is 5. The van der Waals surface area contributed by atoms with Crippen LogP contribution in [0.25, 0.3) is 10.8 Å². The maximum Gasteiger partial charge on any atom is 0.418 e. The molecular formula is C26H23FN4O2S. The molecule has 0 aliphatic heterocycles. The quantitative estimate of drug-likeness (QED) is 0.293. The van der Waals surface area contributed by atoms with Crippen LogP contribution in [0.2, 0.25) is 0 Å². The number of nitrogens with zero attached hydrogens (tertiary/aromatic N) is 1. The number of hydrogen-bond donors (Lipinski definition) is 3. The van der Waals surface area contributed by atoms with Crippen LogP contribution in [0.4, 0.5) is 20.6 Å². The zero-order valence-corrected chi connectivity index (χ0v) is 19.4. The smallest absolute Gasteiger partial charge is 0.391 e. The first-order chi connectivity index (χ1) is 16.4. The number of halogens is 1. The summed E-state index contributed by atoms with van der Waals surface area (Å²) in [6, 6.07) is 21.0. The average Bonchev–Trinajstić information content (AvgIpc) is 2.81. The lowest BCUT2D eigenvalue weighted by Crippen LogP contribution is -2.30. The number of pyridine rings is 1. The fraction of sp³-hybridized carbons (Fsp3) is 0.115. The maximum atomic E-state index is 13.1. The van der Waals surface area contributed by atoms with Crippen LogP contribution in [0.3, 0.4) is 0 Å². The number of nitrogens with one attached hydrogen (secondary N) is 3. The van der Waals surface area contributed by atoms with Crippen molar-refractivity contribution in [2.75, 3.05) is 10.6 Å². The summed E-state index contributed by atoms with van der Waals surface area (Å²) in [7, 11) is 0. The van der Waals surface area contributed by atoms with Gasteiger partial charge in [-0.05, 0) is 72.9 Å². The van der Waals surface area contributed by atoms with Crippen molar-refractivity contribution in [3.63, 3.8) is 0 Å². The van der Waals surface area contributed by atoms with Crippen molar-refractivity contribution in [1.29, 1.82) is 0 Å². The third-order valence-electron chi connectivity index (χ3n) is 5.24. The van der Waals surface area contributed by atoms with Gasteiger partial charge >= 0.3 is 6.09 Å². The zero-order chi connectivity index (χ0) is 24.1. The fourth-order valence-electron chi connectivity index (χ4n) is 3.43. The van der Waals surface area contributed by atoms with E-state index in [1.165, 1.54) is 12.1 Å². The minimum atomic E-state index is -0.628. The van der Waals surface area contributed by atoms with Crippen LogP contribution in [0.5, 0.6) is 5.88 Å². The second kappa shape index (κ2) is 10.3. The van der Waals surface area contributed by atoms with Crippen LogP contribution in [0, 0.1) is 12.7 Å². The van der Waals surface area contributed by atoms with Gasteiger partial charge in [-0.25, -0.2) is 14.2 Å². The minimum absolute atomic E-state index is 0.0962. The predicted molar refractivity (Wildman–Crippen MR) is 137 cm³/mol. The summed E-state index contributed by atoms with van der Waals surface area (Å²) in [6.07, 6.45) is 1.04. The lowest BCUT2D eigenvalue weighted by atomic mass is 10.1. The molecule has 6 nitrogen and oxygen atoms in total. The summed E-state index contributed by atoms with van der Waals surface area (Å²) in [6.45, 7) is 3.81. The van der Waals surface area contributed by atoms with Gasteiger partial charge in [0.1, 0.15) is 5.82 Å². The van der Waals surface area contributed by atoms with Crippen molar-refractivity contribution in [2.45, 2.75) is 19.9 Å². The van der Waals surface area contributed by atoms with E-state index in [0.29, 0.717) is 10.8 Å². The Morgan fingerprint density at radius 2 is 1.74 bits per heavy atom. The Morgan fingerprint density at radius 1 is 1.00 bits per heavy atom. The number of carbonyl (C=O) groups is 1. The summed E-state index contributed by atoms with van der Waals surface area (Å²) < 4.78 is 18.5. The number of thiocarbonyl (C=S) groups is 1. The first kappa shape index (κ1) is 23.1. The van der Waals surface area contributed by atoms with Gasteiger partial charge in [0.05, 0.1) is 6.04 Å². The molecule has 4 aromatic rings. The van der Waals surface area contributed by atoms with E-state index in [1.54, 1.807) is 36.5 Å². The van der Waals surface area contributed by atoms with E-state index in [4.69, 9.17) is 17.0 Å². The molecule has 4 rings (SSSR count). The fourth-order valence-corrected chi connectivity index (χ4v) is 3.72. The van der Waals surface area contributed by atoms with Crippen LogP contribution in [0.1, 0.15) is 24.1 Å². The predicted octanol–water partition coefficient (Wildman–Crippen LogP) is 6.34. The molecule has 0 fully saturated rings. The van der Waals surface area contributed by atoms with E-state index in [2.05, 4.69) is 20.9 Å². The molecule has 172 valence electrons. The summed E-state index contributed by atoms with van der Waals surface area (Å²) >= 11 is 5.40. The van der Waals surface area contributed by atoms with Gasteiger partial charge in [-0.2, -0.15) is 0 Å². The largest absolute Gasteiger partial charge is 0.418 e. The Hall–Kier alpha value is -4.04. The molecule has 0 aliphatic rings. The Kier molecular flexibility index (Phi) is 6.98. The zero-order valence-electron chi connectivity index (χ0n) is 18.6. The topological polar surface area (TPSA) is 75.3 Å². The Balaban J connectivity index is 1.34. The normalized spacial score (nSPS) is 11.5. The van der Waals surface area contributed by atoms with Crippen molar-refractivity contribution in [3.05, 3.63) is 95.9 Å². The number of aryl methyl sites for hydroxylation is 1. The van der Waals surface area contributed by atoms with E-state index < -0.39 is 6.09 Å². The van der Waals surface area contributed by atoms with Crippen molar-refractivity contribution in [3.8, 4) is 5.88 Å². The summed E-state index contributed by atoms with van der Waals surface area (Å²) in [5.41, 5.74) is 3.11. The van der Waals surface area contributed by atoms with E-state index in [1.807, 2.05) is 44.2 Å². The van der Waals surface area contributed by atoms with Crippen molar-refractivity contribution < 1.29 is 13.9 Å². The molecular weight excluding hydrogens is 451 g/mol. The lowest BCUT2D eigenvalue weighted by Gasteiger charge is -2.18. The van der Waals surface area contributed by atoms with Crippen LogP contribution < -0.4 is 20.7 Å². The van der Waals surface area contributed by atoms with Crippen molar-refractivity contribution in [2.24, 2.45) is 0 Å². The number of anilines is 2. The first-order valence-corrected chi connectivity index (χ1v) is 11.1. The highest BCUT2D eigenvalue weighted by Gasteiger charge is 2.11. The second-order valence-corrected chi connectivity index (χ2v) is 8.19. The molecule has 1 heterocycles. The SMILES string of the molecule is Cc1cc(NC(=S)NC(C)c2ccc(F)cc2)ccc1NC(=O)Oc1cc2ccccc2cn1. The molecule has 1 aromatic heterocycles. The number of amides is 1. The monoisotopic (exact) mass is 474 g/mol. The molecule has 0 radical (unpaired) electrons. The van der Waals surface area contributed by atoms with E-state index in [9.17, 15) is 9.18 Å². The third-order valence-corrected chi connectivity index (χ3v) is 5.46. The molecule has 0 saturated heterocycles. The highest BCUT2D eigenvalue weighted by molar-refractivity contribution is 7.80. The second-order valence-electron chi connectivity index (χ2n) is 7.79. The third kappa shape index (κ3) is 5.85. The molecule has 1 unspecified atom stereocenters. The number of ether oxygens (including phenoxy) is 1. The number of fused-ring (bicyclic) bond motifs is 1. The van der Waals surface area contributed by atoms with Crippen molar-refractivity contribution in [1.82, 2.24) is 10.3 Å². The van der Waals surface area contributed by atoms with Crippen LogP contribution in [0.15, 0.2) is 79.0 Å². The molecule has 34 heavy (non-hydrogen) atoms. The van der Waals surface area contributed by atoms with Crippen LogP contribution in [-0.2, 0) is 0 Å². The number of aromatic nitrogens is 1. The summed E-state index contributed by atoms with van der Waals surface area (Å²) in [4.78, 5) is 16.5. The van der Waals surface area contributed by atoms with E-state index in [-0.39, 0.29) is 17.7 Å². The molecule has 0 bridgehead atoms. The lowest BCUT2D eigenvalue weighted by molar-refractivity contribution is 0.213. The Labute approximate surface area is 202 Å². The molecule has 1 atom stereocenters. The van der Waals surface area contributed by atoms with Gasteiger partial charge in [0.25, 0.3) is 0 Å². The number of benzene rings is 3. The minimum Gasteiger partial charge on any atom is -0.391 e. The van der Waals surface area contributed by atoms with E-state index >= 15 is 0 Å². The molecule has 0 spiro atoms. The van der Waals surface area contributed by atoms with Gasteiger partial charge in [0.15, 0.2) is 5.11 Å². The van der Waals surface area contributed by atoms with Gasteiger partial charge in [-0.15, -0.1) is 0 Å². The maximum absolute atomic E-state index is 13.1. The Morgan fingerprint density at radius 3 is 2.47 bits per heavy atom. The summed E-state index contributed by atoms with van der Waals surface area (Å²) in [5.74, 6) is -0.0583. The Bertz CT molecular complexity index is 1340. The molecule has 1 amide bonds. The molecule has 3 N–H and O–H groups in total. The molecule has 8 heteroatoms. The van der Waals surface area contributed by atoms with E-state index in [0.717, 1.165) is 27.6 Å². The van der Waals surface area contributed by atoms with Crippen LogP contribution in [-0.4, -0.2) is 16.2 Å².